The zero-order valence-electron chi connectivity index (χ0n) is 14.4. The van der Waals surface area contributed by atoms with Crippen LogP contribution in [0.25, 0.3) is 0 Å². The van der Waals surface area contributed by atoms with Crippen molar-refractivity contribution in [2.75, 3.05) is 6.54 Å². The van der Waals surface area contributed by atoms with Gasteiger partial charge < -0.3 is 4.84 Å². The Kier molecular flexibility index (Phi) is 17.0. The van der Waals surface area contributed by atoms with Crippen molar-refractivity contribution in [3.05, 3.63) is 0 Å². The van der Waals surface area contributed by atoms with Crippen LogP contribution in [0, 0.1) is 0 Å². The molecule has 0 aliphatic rings. The minimum absolute atomic E-state index is 0.264. The highest BCUT2D eigenvalue weighted by molar-refractivity contribution is 5.65. The van der Waals surface area contributed by atoms with Gasteiger partial charge in [0, 0.05) is 13.5 Å². The van der Waals surface area contributed by atoms with Crippen molar-refractivity contribution in [3.63, 3.8) is 0 Å². The molecular formula is C18H37NO2. The fraction of sp³-hybridized carbons (Fsp3) is 0.944. The lowest BCUT2D eigenvalue weighted by Crippen LogP contribution is -2.18. The third kappa shape index (κ3) is 19.4. The highest BCUT2D eigenvalue weighted by Crippen LogP contribution is 2.12. The molecule has 0 atom stereocenters. The van der Waals surface area contributed by atoms with Gasteiger partial charge in [-0.2, -0.15) is 5.48 Å². The molecule has 0 bridgehead atoms. The molecule has 0 aromatic heterocycles. The van der Waals surface area contributed by atoms with Crippen LogP contribution < -0.4 is 5.48 Å². The summed E-state index contributed by atoms with van der Waals surface area (Å²) in [5, 5.41) is 0. The van der Waals surface area contributed by atoms with E-state index in [0.29, 0.717) is 0 Å². The van der Waals surface area contributed by atoms with Crippen molar-refractivity contribution >= 4 is 5.97 Å². The van der Waals surface area contributed by atoms with E-state index in [9.17, 15) is 4.79 Å². The van der Waals surface area contributed by atoms with Crippen LogP contribution in [0.4, 0.5) is 0 Å². The van der Waals surface area contributed by atoms with E-state index in [1.165, 1.54) is 90.4 Å². The summed E-state index contributed by atoms with van der Waals surface area (Å²) >= 11 is 0. The molecule has 1 N–H and O–H groups in total. The number of rotatable bonds is 16. The fourth-order valence-corrected chi connectivity index (χ4v) is 2.54. The molecule has 0 radical (unpaired) electrons. The van der Waals surface area contributed by atoms with E-state index in [4.69, 9.17) is 0 Å². The zero-order chi connectivity index (χ0) is 15.6. The quantitative estimate of drug-likeness (QED) is 0.300. The standard InChI is InChI=1S/C18H37NO2/c1-3-4-5-6-7-8-9-10-11-12-13-14-15-16-17-19-21-18(2)20/h19H,3-17H2,1-2H3. The largest absolute Gasteiger partial charge is 0.371 e. The summed E-state index contributed by atoms with van der Waals surface area (Å²) in [6.07, 6.45) is 19.1. The van der Waals surface area contributed by atoms with Crippen LogP contribution in [-0.2, 0) is 9.63 Å². The summed E-state index contributed by atoms with van der Waals surface area (Å²) < 4.78 is 0. The average Bonchev–Trinajstić information content (AvgIpc) is 2.46. The van der Waals surface area contributed by atoms with Crippen LogP contribution in [0.5, 0.6) is 0 Å². The molecule has 0 aromatic rings. The highest BCUT2D eigenvalue weighted by Gasteiger charge is 1.95. The molecular weight excluding hydrogens is 262 g/mol. The maximum Gasteiger partial charge on any atom is 0.321 e. The predicted molar refractivity (Wildman–Crippen MR) is 90.1 cm³/mol. The van der Waals surface area contributed by atoms with Gasteiger partial charge in [0.25, 0.3) is 0 Å². The van der Waals surface area contributed by atoms with Gasteiger partial charge in [-0.15, -0.1) is 0 Å². The molecule has 3 heteroatoms. The zero-order valence-corrected chi connectivity index (χ0v) is 14.4. The van der Waals surface area contributed by atoms with E-state index in [1.54, 1.807) is 0 Å². The van der Waals surface area contributed by atoms with E-state index in [0.717, 1.165) is 13.0 Å². The smallest absolute Gasteiger partial charge is 0.321 e. The molecule has 0 saturated heterocycles. The summed E-state index contributed by atoms with van der Waals surface area (Å²) in [4.78, 5) is 15.2. The molecule has 126 valence electrons. The van der Waals surface area contributed by atoms with E-state index in [2.05, 4.69) is 17.2 Å². The summed E-state index contributed by atoms with van der Waals surface area (Å²) in [5.74, 6) is -0.264. The van der Waals surface area contributed by atoms with Gasteiger partial charge in [0.05, 0.1) is 0 Å². The van der Waals surface area contributed by atoms with Crippen LogP contribution in [0.3, 0.4) is 0 Å². The van der Waals surface area contributed by atoms with Crippen LogP contribution in [-0.4, -0.2) is 12.5 Å². The molecule has 0 aliphatic heterocycles. The number of hydroxylamine groups is 1. The number of carbonyl (C=O) groups excluding carboxylic acids is 1. The Morgan fingerprint density at radius 3 is 1.48 bits per heavy atom. The average molecular weight is 299 g/mol. The second-order valence-corrected chi connectivity index (χ2v) is 6.08. The first-order valence-electron chi connectivity index (χ1n) is 9.17. The Morgan fingerprint density at radius 1 is 0.714 bits per heavy atom. The molecule has 0 unspecified atom stereocenters. The van der Waals surface area contributed by atoms with E-state index >= 15 is 0 Å². The lowest BCUT2D eigenvalue weighted by atomic mass is 10.0. The summed E-state index contributed by atoms with van der Waals surface area (Å²) in [6.45, 7) is 4.46. The van der Waals surface area contributed by atoms with Crippen LogP contribution in [0.2, 0.25) is 0 Å². The normalized spacial score (nSPS) is 10.8. The third-order valence-electron chi connectivity index (χ3n) is 3.85. The van der Waals surface area contributed by atoms with Crippen LogP contribution in [0.1, 0.15) is 104 Å². The Labute approximate surface area is 132 Å². The lowest BCUT2D eigenvalue weighted by Gasteiger charge is -2.04. The van der Waals surface area contributed by atoms with Crippen LogP contribution >= 0.6 is 0 Å². The topological polar surface area (TPSA) is 38.3 Å². The van der Waals surface area contributed by atoms with Crippen molar-refractivity contribution in [2.24, 2.45) is 0 Å². The molecule has 0 rings (SSSR count). The summed E-state index contributed by atoms with van der Waals surface area (Å²) in [6, 6.07) is 0. The van der Waals surface area contributed by atoms with Crippen molar-refractivity contribution in [1.82, 2.24) is 5.48 Å². The van der Waals surface area contributed by atoms with Crippen molar-refractivity contribution in [3.8, 4) is 0 Å². The monoisotopic (exact) mass is 299 g/mol. The van der Waals surface area contributed by atoms with Gasteiger partial charge in [-0.05, 0) is 6.42 Å². The maximum absolute atomic E-state index is 10.5. The van der Waals surface area contributed by atoms with Gasteiger partial charge in [-0.25, -0.2) is 0 Å². The number of carbonyl (C=O) groups is 1. The van der Waals surface area contributed by atoms with Gasteiger partial charge >= 0.3 is 5.97 Å². The van der Waals surface area contributed by atoms with Gasteiger partial charge in [-0.1, -0.05) is 90.4 Å². The molecule has 0 fully saturated rings. The second kappa shape index (κ2) is 17.5. The van der Waals surface area contributed by atoms with E-state index in [1.807, 2.05) is 0 Å². The van der Waals surface area contributed by atoms with Gasteiger partial charge in [0.15, 0.2) is 0 Å². The second-order valence-electron chi connectivity index (χ2n) is 6.08. The third-order valence-corrected chi connectivity index (χ3v) is 3.85. The lowest BCUT2D eigenvalue weighted by molar-refractivity contribution is -0.148. The Balaban J connectivity index is 2.95. The molecule has 21 heavy (non-hydrogen) atoms. The Hall–Kier alpha value is -0.570. The Bertz CT molecular complexity index is 219. The highest BCUT2D eigenvalue weighted by atomic mass is 16.7. The van der Waals surface area contributed by atoms with Gasteiger partial charge in [-0.3, -0.25) is 4.79 Å². The molecule has 0 heterocycles. The number of unbranched alkanes of at least 4 members (excludes halogenated alkanes) is 13. The minimum atomic E-state index is -0.264. The fourth-order valence-electron chi connectivity index (χ4n) is 2.54. The summed E-state index contributed by atoms with van der Waals surface area (Å²) in [5.41, 5.74) is 2.68. The van der Waals surface area contributed by atoms with Gasteiger partial charge in [0.1, 0.15) is 0 Å². The molecule has 0 aliphatic carbocycles. The number of nitrogens with one attached hydrogen (secondary N) is 1. The SMILES string of the molecule is CCCCCCCCCCCCCCCCNOC(C)=O. The van der Waals surface area contributed by atoms with E-state index in [-0.39, 0.29) is 5.97 Å². The maximum atomic E-state index is 10.5. The van der Waals surface area contributed by atoms with Crippen molar-refractivity contribution < 1.29 is 9.63 Å². The minimum Gasteiger partial charge on any atom is -0.371 e. The first kappa shape index (κ1) is 20.4. The predicted octanol–water partition coefficient (Wildman–Crippen LogP) is 5.54. The van der Waals surface area contributed by atoms with Crippen molar-refractivity contribution in [2.45, 2.75) is 104 Å². The molecule has 0 spiro atoms. The van der Waals surface area contributed by atoms with Gasteiger partial charge in [0.2, 0.25) is 0 Å². The molecule has 3 nitrogen and oxygen atoms in total. The number of hydrogen-bond donors (Lipinski definition) is 1. The van der Waals surface area contributed by atoms with Crippen LogP contribution in [0.15, 0.2) is 0 Å². The number of hydrogen-bond acceptors (Lipinski definition) is 3. The first-order valence-corrected chi connectivity index (χ1v) is 9.17. The Morgan fingerprint density at radius 2 is 1.10 bits per heavy atom. The van der Waals surface area contributed by atoms with Crippen molar-refractivity contribution in [1.29, 1.82) is 0 Å². The molecule has 0 saturated carbocycles. The first-order chi connectivity index (χ1) is 10.3. The van der Waals surface area contributed by atoms with E-state index < -0.39 is 0 Å². The molecule has 0 amide bonds. The summed E-state index contributed by atoms with van der Waals surface area (Å²) in [7, 11) is 0. The molecule has 0 aromatic carbocycles.